The Bertz CT molecular complexity index is 442. The van der Waals surface area contributed by atoms with Crippen molar-refractivity contribution in [3.8, 4) is 0 Å². The summed E-state index contributed by atoms with van der Waals surface area (Å²) in [6, 6.07) is 22.7. The molecule has 0 bridgehead atoms. The molecule has 2 aromatic rings. The maximum atomic E-state index is 5.69. The van der Waals surface area contributed by atoms with E-state index in [1.807, 2.05) is 0 Å². The predicted molar refractivity (Wildman–Crippen MR) is 86.1 cm³/mol. The zero-order chi connectivity index (χ0) is 14.2. The molecule has 2 aromatic carbocycles. The summed E-state index contributed by atoms with van der Waals surface area (Å²) in [4.78, 5) is 0. The molecule has 104 valence electrons. The third-order valence-electron chi connectivity index (χ3n) is 3.26. The van der Waals surface area contributed by atoms with Crippen molar-refractivity contribution in [2.75, 3.05) is 0 Å². The number of benzene rings is 2. The molecule has 20 heavy (non-hydrogen) atoms. The molecule has 0 atom stereocenters. The molecule has 0 aliphatic carbocycles. The predicted octanol–water partition coefficient (Wildman–Crippen LogP) is 4.67. The van der Waals surface area contributed by atoms with E-state index in [9.17, 15) is 0 Å². The fourth-order valence-corrected chi connectivity index (χ4v) is 3.18. The lowest BCUT2D eigenvalue weighted by Gasteiger charge is -2.18. The molecule has 1 nitrogen and oxygen atoms in total. The second-order valence-corrected chi connectivity index (χ2v) is 6.25. The molecule has 0 aliphatic rings. The van der Waals surface area contributed by atoms with Crippen LogP contribution >= 0.6 is 0 Å². The van der Waals surface area contributed by atoms with Gasteiger partial charge in [-0.2, -0.15) is 0 Å². The monoisotopic (exact) mass is 282 g/mol. The summed E-state index contributed by atoms with van der Waals surface area (Å²) in [7, 11) is 0.595. The molecule has 0 spiro atoms. The Morgan fingerprint density at radius 1 is 0.850 bits per heavy atom. The van der Waals surface area contributed by atoms with Gasteiger partial charge in [-0.05, 0) is 37.4 Å². The van der Waals surface area contributed by atoms with Crippen LogP contribution in [0.1, 0.15) is 37.3 Å². The van der Waals surface area contributed by atoms with Crippen LogP contribution in [0.15, 0.2) is 60.7 Å². The van der Waals surface area contributed by atoms with Crippen LogP contribution in [-0.4, -0.2) is 15.9 Å². The molecule has 2 radical (unpaired) electrons. The van der Waals surface area contributed by atoms with Gasteiger partial charge in [0.15, 0.2) is 0 Å². The van der Waals surface area contributed by atoms with E-state index in [-0.39, 0.29) is 0 Å². The molecule has 0 aromatic heterocycles. The van der Waals surface area contributed by atoms with Crippen LogP contribution in [0.3, 0.4) is 0 Å². The molecule has 0 saturated heterocycles. The minimum atomic E-state index is 0.334. The van der Waals surface area contributed by atoms with Crippen LogP contribution < -0.4 is 0 Å². The van der Waals surface area contributed by atoms with Crippen molar-refractivity contribution >= 4 is 9.76 Å². The largest absolute Gasteiger partial charge is 0.415 e. The van der Waals surface area contributed by atoms with Crippen molar-refractivity contribution in [3.63, 3.8) is 0 Å². The molecule has 2 heteroatoms. The third kappa shape index (κ3) is 4.62. The van der Waals surface area contributed by atoms with Gasteiger partial charge in [-0.25, -0.2) is 0 Å². The van der Waals surface area contributed by atoms with E-state index in [2.05, 4.69) is 74.5 Å². The highest BCUT2D eigenvalue weighted by molar-refractivity contribution is 6.27. The highest BCUT2D eigenvalue weighted by Crippen LogP contribution is 2.29. The summed E-state index contributed by atoms with van der Waals surface area (Å²) in [5.74, 6) is 0.473. The van der Waals surface area contributed by atoms with E-state index in [0.29, 0.717) is 21.8 Å². The highest BCUT2D eigenvalue weighted by Gasteiger charge is 2.13. The Balaban J connectivity index is 2.06. The van der Waals surface area contributed by atoms with E-state index in [1.54, 1.807) is 0 Å². The topological polar surface area (TPSA) is 9.23 Å². The van der Waals surface area contributed by atoms with Crippen LogP contribution in [-0.2, 0) is 4.43 Å². The van der Waals surface area contributed by atoms with Crippen molar-refractivity contribution in [2.45, 2.75) is 38.3 Å². The van der Waals surface area contributed by atoms with Gasteiger partial charge in [-0.3, -0.25) is 0 Å². The van der Waals surface area contributed by atoms with Gasteiger partial charge in [0.25, 0.3) is 0 Å². The van der Waals surface area contributed by atoms with Crippen molar-refractivity contribution < 1.29 is 4.43 Å². The maximum Gasteiger partial charge on any atom is 0.230 e. The fourth-order valence-electron chi connectivity index (χ4n) is 2.33. The lowest BCUT2D eigenvalue weighted by molar-refractivity contribution is 0.254. The van der Waals surface area contributed by atoms with Crippen LogP contribution in [0.25, 0.3) is 0 Å². The summed E-state index contributed by atoms with van der Waals surface area (Å²) >= 11 is 0. The molecule has 0 unspecified atom stereocenters. The summed E-state index contributed by atoms with van der Waals surface area (Å²) < 4.78 is 5.69. The fraction of sp³-hybridized carbons (Fsp3) is 0.333. The third-order valence-corrected chi connectivity index (χ3v) is 4.39. The summed E-state index contributed by atoms with van der Waals surface area (Å²) in [5.41, 5.74) is 2.79. The molecule has 0 N–H and O–H groups in total. The molecule has 0 saturated carbocycles. The van der Waals surface area contributed by atoms with E-state index in [1.165, 1.54) is 11.1 Å². The number of hydrogen-bond donors (Lipinski definition) is 0. The molecule has 0 aliphatic heterocycles. The zero-order valence-electron chi connectivity index (χ0n) is 12.3. The second-order valence-electron chi connectivity index (χ2n) is 5.22. The van der Waals surface area contributed by atoms with Gasteiger partial charge in [0.05, 0.1) is 0 Å². The van der Waals surface area contributed by atoms with E-state index in [0.717, 1.165) is 12.5 Å². The SMILES string of the molecule is CC(C)O[Si]CCC(c1ccccc1)c1ccccc1. The normalized spacial score (nSPS) is 11.2. The number of rotatable bonds is 7. The quantitative estimate of drug-likeness (QED) is 0.529. The molecular weight excluding hydrogens is 260 g/mol. The molecule has 2 rings (SSSR count). The van der Waals surface area contributed by atoms with Gasteiger partial charge in [-0.15, -0.1) is 0 Å². The molecular formula is C18H22OSi. The lowest BCUT2D eigenvalue weighted by atomic mass is 9.89. The van der Waals surface area contributed by atoms with Crippen LogP contribution in [0.5, 0.6) is 0 Å². The maximum absolute atomic E-state index is 5.69. The average Bonchev–Trinajstić information content (AvgIpc) is 2.49. The van der Waals surface area contributed by atoms with Gasteiger partial charge in [0, 0.05) is 12.0 Å². The Morgan fingerprint density at radius 3 is 1.80 bits per heavy atom. The van der Waals surface area contributed by atoms with Crippen molar-refractivity contribution in [2.24, 2.45) is 0 Å². The minimum absolute atomic E-state index is 0.334. The first-order valence-electron chi connectivity index (χ1n) is 7.26. The van der Waals surface area contributed by atoms with E-state index < -0.39 is 0 Å². The van der Waals surface area contributed by atoms with Gasteiger partial charge < -0.3 is 4.43 Å². The molecule has 0 heterocycles. The van der Waals surface area contributed by atoms with E-state index >= 15 is 0 Å². The zero-order valence-corrected chi connectivity index (χ0v) is 13.3. The first kappa shape index (κ1) is 15.0. The van der Waals surface area contributed by atoms with Crippen LogP contribution in [0.4, 0.5) is 0 Å². The van der Waals surface area contributed by atoms with Crippen LogP contribution in [0.2, 0.25) is 6.04 Å². The lowest BCUT2D eigenvalue weighted by Crippen LogP contribution is -2.09. The van der Waals surface area contributed by atoms with Crippen LogP contribution in [0, 0.1) is 0 Å². The van der Waals surface area contributed by atoms with Crippen molar-refractivity contribution in [1.29, 1.82) is 0 Å². The smallest absolute Gasteiger partial charge is 0.230 e. The summed E-state index contributed by atoms with van der Waals surface area (Å²) in [5, 5.41) is 0. The Kier molecular flexibility index (Phi) is 6.03. The minimum Gasteiger partial charge on any atom is -0.415 e. The van der Waals surface area contributed by atoms with Gasteiger partial charge in [0.1, 0.15) is 0 Å². The Hall–Kier alpha value is -1.38. The second kappa shape index (κ2) is 8.03. The van der Waals surface area contributed by atoms with Crippen molar-refractivity contribution in [1.82, 2.24) is 0 Å². The standard InChI is InChI=1S/C18H22OSi/c1-15(2)19-20-14-13-18(16-9-5-3-6-10-16)17-11-7-4-8-12-17/h3-12,15,18H,13-14H2,1-2H3. The van der Waals surface area contributed by atoms with E-state index in [4.69, 9.17) is 4.43 Å². The molecule has 0 fully saturated rings. The Morgan fingerprint density at radius 2 is 1.35 bits per heavy atom. The average molecular weight is 282 g/mol. The van der Waals surface area contributed by atoms with Crippen molar-refractivity contribution in [3.05, 3.63) is 71.8 Å². The number of hydrogen-bond acceptors (Lipinski definition) is 1. The highest BCUT2D eigenvalue weighted by atomic mass is 28.2. The first-order valence-corrected chi connectivity index (χ1v) is 8.37. The van der Waals surface area contributed by atoms with Gasteiger partial charge in [0.2, 0.25) is 9.76 Å². The summed E-state index contributed by atoms with van der Waals surface area (Å²) in [6.07, 6.45) is 1.47. The van der Waals surface area contributed by atoms with Gasteiger partial charge >= 0.3 is 0 Å². The summed E-state index contributed by atoms with van der Waals surface area (Å²) in [6.45, 7) is 4.19. The van der Waals surface area contributed by atoms with Gasteiger partial charge in [-0.1, -0.05) is 60.7 Å². The Labute approximate surface area is 124 Å². The molecule has 0 amide bonds. The first-order chi connectivity index (χ1) is 9.77.